The molecule has 1 unspecified atom stereocenters. The van der Waals surface area contributed by atoms with Crippen molar-refractivity contribution >= 4 is 32.4 Å². The van der Waals surface area contributed by atoms with Crippen LogP contribution in [0.4, 0.5) is 5.69 Å². The SMILES string of the molecule is CC(Nc1ccc(Br)c2ccccc12)C1CC1. The lowest BCUT2D eigenvalue weighted by molar-refractivity contribution is 0.695. The summed E-state index contributed by atoms with van der Waals surface area (Å²) in [5.41, 5.74) is 1.25. The molecular weight excluding hydrogens is 274 g/mol. The molecule has 1 fully saturated rings. The molecule has 1 nitrogen and oxygen atoms in total. The average molecular weight is 290 g/mol. The molecule has 2 aromatic rings. The monoisotopic (exact) mass is 289 g/mol. The first-order valence-electron chi connectivity index (χ1n) is 6.19. The largest absolute Gasteiger partial charge is 0.382 e. The highest BCUT2D eigenvalue weighted by Gasteiger charge is 2.27. The van der Waals surface area contributed by atoms with Crippen molar-refractivity contribution in [2.75, 3.05) is 5.32 Å². The van der Waals surface area contributed by atoms with Crippen LogP contribution in [-0.2, 0) is 0 Å². The number of nitrogens with one attached hydrogen (secondary N) is 1. The van der Waals surface area contributed by atoms with Gasteiger partial charge in [-0.15, -0.1) is 0 Å². The van der Waals surface area contributed by atoms with Crippen LogP contribution in [0, 0.1) is 5.92 Å². The Morgan fingerprint density at radius 1 is 1.12 bits per heavy atom. The summed E-state index contributed by atoms with van der Waals surface area (Å²) < 4.78 is 1.16. The molecule has 0 aliphatic heterocycles. The van der Waals surface area contributed by atoms with Crippen LogP contribution >= 0.6 is 15.9 Å². The van der Waals surface area contributed by atoms with Gasteiger partial charge in [-0.1, -0.05) is 40.2 Å². The Labute approximate surface area is 110 Å². The third-order valence-electron chi connectivity index (χ3n) is 3.58. The minimum Gasteiger partial charge on any atom is -0.382 e. The molecule has 1 aliphatic rings. The molecule has 0 aromatic heterocycles. The minimum atomic E-state index is 0.583. The third-order valence-corrected chi connectivity index (χ3v) is 4.27. The molecule has 17 heavy (non-hydrogen) atoms. The zero-order chi connectivity index (χ0) is 11.8. The van der Waals surface area contributed by atoms with Crippen molar-refractivity contribution in [2.24, 2.45) is 5.92 Å². The van der Waals surface area contributed by atoms with E-state index in [9.17, 15) is 0 Å². The molecule has 1 N–H and O–H groups in total. The van der Waals surface area contributed by atoms with Crippen molar-refractivity contribution in [3.63, 3.8) is 0 Å². The predicted molar refractivity (Wildman–Crippen MR) is 77.5 cm³/mol. The van der Waals surface area contributed by atoms with Gasteiger partial charge in [0, 0.05) is 21.6 Å². The number of fused-ring (bicyclic) bond motifs is 1. The normalized spacial score (nSPS) is 17.1. The molecule has 0 radical (unpaired) electrons. The molecule has 0 amide bonds. The van der Waals surface area contributed by atoms with Crippen molar-refractivity contribution in [1.82, 2.24) is 0 Å². The Morgan fingerprint density at radius 3 is 2.53 bits per heavy atom. The van der Waals surface area contributed by atoms with Crippen LogP contribution in [-0.4, -0.2) is 6.04 Å². The number of halogens is 1. The van der Waals surface area contributed by atoms with Crippen molar-refractivity contribution in [3.05, 3.63) is 40.9 Å². The fraction of sp³-hybridized carbons (Fsp3) is 0.333. The molecule has 0 heterocycles. The summed E-state index contributed by atoms with van der Waals surface area (Å²) in [6, 6.07) is 13.4. The van der Waals surface area contributed by atoms with Crippen LogP contribution in [0.15, 0.2) is 40.9 Å². The maximum Gasteiger partial charge on any atom is 0.0422 e. The van der Waals surface area contributed by atoms with Gasteiger partial charge in [0.15, 0.2) is 0 Å². The highest BCUT2D eigenvalue weighted by Crippen LogP contribution is 2.36. The average Bonchev–Trinajstić information content (AvgIpc) is 3.17. The van der Waals surface area contributed by atoms with Crippen molar-refractivity contribution < 1.29 is 0 Å². The van der Waals surface area contributed by atoms with E-state index in [1.54, 1.807) is 0 Å². The lowest BCUT2D eigenvalue weighted by Gasteiger charge is -2.16. The Bertz CT molecular complexity index is 546. The smallest absolute Gasteiger partial charge is 0.0422 e. The number of hydrogen-bond donors (Lipinski definition) is 1. The molecule has 2 heteroatoms. The van der Waals surface area contributed by atoms with E-state index in [-0.39, 0.29) is 0 Å². The van der Waals surface area contributed by atoms with E-state index >= 15 is 0 Å². The van der Waals surface area contributed by atoms with Crippen molar-refractivity contribution in [3.8, 4) is 0 Å². The molecule has 0 spiro atoms. The highest BCUT2D eigenvalue weighted by atomic mass is 79.9. The topological polar surface area (TPSA) is 12.0 Å². The lowest BCUT2D eigenvalue weighted by atomic mass is 10.1. The molecule has 0 bridgehead atoms. The van der Waals surface area contributed by atoms with E-state index in [0.29, 0.717) is 6.04 Å². The van der Waals surface area contributed by atoms with Gasteiger partial charge in [-0.05, 0) is 43.2 Å². The van der Waals surface area contributed by atoms with Gasteiger partial charge < -0.3 is 5.32 Å². The zero-order valence-corrected chi connectivity index (χ0v) is 11.5. The summed E-state index contributed by atoms with van der Waals surface area (Å²) in [6.45, 7) is 2.29. The summed E-state index contributed by atoms with van der Waals surface area (Å²) in [7, 11) is 0. The predicted octanol–water partition coefficient (Wildman–Crippen LogP) is 4.81. The summed E-state index contributed by atoms with van der Waals surface area (Å²) in [5.74, 6) is 0.873. The first kappa shape index (κ1) is 11.1. The number of rotatable bonds is 3. The molecule has 1 saturated carbocycles. The maximum atomic E-state index is 3.65. The van der Waals surface area contributed by atoms with E-state index < -0.39 is 0 Å². The van der Waals surface area contributed by atoms with E-state index in [1.165, 1.54) is 29.3 Å². The molecule has 2 aromatic carbocycles. The maximum absolute atomic E-state index is 3.65. The van der Waals surface area contributed by atoms with E-state index in [2.05, 4.69) is 64.6 Å². The Morgan fingerprint density at radius 2 is 1.82 bits per heavy atom. The fourth-order valence-electron chi connectivity index (χ4n) is 2.35. The zero-order valence-electron chi connectivity index (χ0n) is 9.91. The standard InChI is InChI=1S/C15H16BrN/c1-10(11-6-7-11)17-15-9-8-14(16)12-4-2-3-5-13(12)15/h2-5,8-11,17H,6-7H2,1H3. The molecule has 88 valence electrons. The van der Waals surface area contributed by atoms with Gasteiger partial charge in [-0.3, -0.25) is 0 Å². The van der Waals surface area contributed by atoms with Crippen LogP contribution in [0.5, 0.6) is 0 Å². The number of benzene rings is 2. The first-order chi connectivity index (χ1) is 8.25. The molecule has 0 saturated heterocycles. The Hall–Kier alpha value is -1.02. The fourth-order valence-corrected chi connectivity index (χ4v) is 2.83. The van der Waals surface area contributed by atoms with E-state index in [1.807, 2.05) is 0 Å². The van der Waals surface area contributed by atoms with Crippen LogP contribution in [0.3, 0.4) is 0 Å². The molecule has 1 atom stereocenters. The van der Waals surface area contributed by atoms with Gasteiger partial charge in [-0.2, -0.15) is 0 Å². The van der Waals surface area contributed by atoms with Crippen LogP contribution < -0.4 is 5.32 Å². The van der Waals surface area contributed by atoms with Gasteiger partial charge in [-0.25, -0.2) is 0 Å². The third kappa shape index (κ3) is 2.19. The second-order valence-electron chi connectivity index (χ2n) is 4.91. The van der Waals surface area contributed by atoms with Gasteiger partial charge in [0.25, 0.3) is 0 Å². The van der Waals surface area contributed by atoms with Gasteiger partial charge >= 0.3 is 0 Å². The van der Waals surface area contributed by atoms with Crippen LogP contribution in [0.2, 0.25) is 0 Å². The molecular formula is C15H16BrN. The van der Waals surface area contributed by atoms with E-state index in [0.717, 1.165) is 10.4 Å². The molecule has 3 rings (SSSR count). The Kier molecular flexibility index (Phi) is 2.83. The summed E-state index contributed by atoms with van der Waals surface area (Å²) >= 11 is 3.61. The second-order valence-corrected chi connectivity index (χ2v) is 5.77. The van der Waals surface area contributed by atoms with Gasteiger partial charge in [0.05, 0.1) is 0 Å². The molecule has 1 aliphatic carbocycles. The Balaban J connectivity index is 2.01. The first-order valence-corrected chi connectivity index (χ1v) is 6.99. The van der Waals surface area contributed by atoms with Crippen LogP contribution in [0.1, 0.15) is 19.8 Å². The lowest BCUT2D eigenvalue weighted by Crippen LogP contribution is -2.17. The number of anilines is 1. The van der Waals surface area contributed by atoms with Crippen molar-refractivity contribution in [2.45, 2.75) is 25.8 Å². The minimum absolute atomic E-state index is 0.583. The second kappa shape index (κ2) is 4.34. The summed E-state index contributed by atoms with van der Waals surface area (Å²) in [5, 5.41) is 6.23. The summed E-state index contributed by atoms with van der Waals surface area (Å²) in [4.78, 5) is 0. The van der Waals surface area contributed by atoms with Crippen molar-refractivity contribution in [1.29, 1.82) is 0 Å². The van der Waals surface area contributed by atoms with E-state index in [4.69, 9.17) is 0 Å². The summed E-state index contributed by atoms with van der Waals surface area (Å²) in [6.07, 6.45) is 2.76. The van der Waals surface area contributed by atoms with Crippen LogP contribution in [0.25, 0.3) is 10.8 Å². The van der Waals surface area contributed by atoms with Gasteiger partial charge in [0.1, 0.15) is 0 Å². The highest BCUT2D eigenvalue weighted by molar-refractivity contribution is 9.10. The quantitative estimate of drug-likeness (QED) is 0.855. The number of hydrogen-bond acceptors (Lipinski definition) is 1. The van der Waals surface area contributed by atoms with Gasteiger partial charge in [0.2, 0.25) is 0 Å².